The zero-order valence-corrected chi connectivity index (χ0v) is 6.98. The largest absolute Gasteiger partial charge is 0.478 e. The van der Waals surface area contributed by atoms with Crippen molar-refractivity contribution in [3.63, 3.8) is 0 Å². The van der Waals surface area contributed by atoms with Crippen molar-refractivity contribution in [1.29, 1.82) is 0 Å². The summed E-state index contributed by atoms with van der Waals surface area (Å²) >= 11 is 0. The molecule has 0 rings (SSSR count). The predicted octanol–water partition coefficient (Wildman–Crippen LogP) is 1.58. The second-order valence-corrected chi connectivity index (χ2v) is 2.36. The molecule has 0 saturated heterocycles. The van der Waals surface area contributed by atoms with Gasteiger partial charge in [0.15, 0.2) is 11.1 Å². The fraction of sp³-hybridized carbons (Fsp3) is 0.333. The second kappa shape index (κ2) is 4.02. The molecule has 0 aliphatic rings. The minimum atomic E-state index is -5.92. The van der Waals surface area contributed by atoms with E-state index >= 15 is 0 Å². The third-order valence-electron chi connectivity index (χ3n) is 1.24. The average molecular weight is 252 g/mol. The van der Waals surface area contributed by atoms with Crippen molar-refractivity contribution in [2.45, 2.75) is 12.4 Å². The van der Waals surface area contributed by atoms with Crippen LogP contribution in [-0.4, -0.2) is 34.5 Å². The lowest BCUT2D eigenvalue weighted by Crippen LogP contribution is -2.31. The molecular weight excluding hydrogens is 250 g/mol. The molecule has 0 aromatic carbocycles. The summed E-state index contributed by atoms with van der Waals surface area (Å²) in [4.78, 5) is 20.0. The minimum absolute atomic E-state index is 3.01. The van der Waals surface area contributed by atoms with Gasteiger partial charge in [0.2, 0.25) is 0 Å². The number of hydrogen-bond acceptors (Lipinski definition) is 2. The SMILES string of the molecule is O=C(O)C(=C(C(=O)O)C(F)(F)F)C(F)(F)F. The Balaban J connectivity index is 6.09. The Morgan fingerprint density at radius 1 is 0.688 bits per heavy atom. The van der Waals surface area contributed by atoms with Crippen LogP contribution >= 0.6 is 0 Å². The molecule has 0 heterocycles. The van der Waals surface area contributed by atoms with Gasteiger partial charge < -0.3 is 10.2 Å². The van der Waals surface area contributed by atoms with Gasteiger partial charge in [0.1, 0.15) is 0 Å². The Bertz CT molecular complexity index is 315. The maximum Gasteiger partial charge on any atom is 0.424 e. The van der Waals surface area contributed by atoms with Crippen molar-refractivity contribution < 1.29 is 46.1 Å². The fourth-order valence-corrected chi connectivity index (χ4v) is 0.740. The first-order valence-electron chi connectivity index (χ1n) is 3.24. The van der Waals surface area contributed by atoms with Crippen LogP contribution in [0.1, 0.15) is 0 Å². The molecule has 0 spiro atoms. The Morgan fingerprint density at radius 2 is 0.875 bits per heavy atom. The van der Waals surface area contributed by atoms with E-state index in [2.05, 4.69) is 0 Å². The van der Waals surface area contributed by atoms with E-state index in [-0.39, 0.29) is 0 Å². The first-order valence-corrected chi connectivity index (χ1v) is 3.24. The summed E-state index contributed by atoms with van der Waals surface area (Å²) in [5, 5.41) is 15.9. The number of aliphatic carboxylic acids is 2. The van der Waals surface area contributed by atoms with Crippen molar-refractivity contribution in [2.75, 3.05) is 0 Å². The molecule has 0 aromatic rings. The predicted molar refractivity (Wildman–Crippen MR) is 34.4 cm³/mol. The highest BCUT2D eigenvalue weighted by Gasteiger charge is 2.52. The molecule has 0 aliphatic carbocycles. The van der Waals surface area contributed by atoms with Crippen molar-refractivity contribution in [3.05, 3.63) is 11.1 Å². The van der Waals surface area contributed by atoms with E-state index in [1.165, 1.54) is 0 Å². The highest BCUT2D eigenvalue weighted by molar-refractivity contribution is 6.00. The van der Waals surface area contributed by atoms with E-state index in [0.29, 0.717) is 0 Å². The van der Waals surface area contributed by atoms with Gasteiger partial charge in [-0.05, 0) is 0 Å². The number of alkyl halides is 6. The molecule has 4 nitrogen and oxygen atoms in total. The Hall–Kier alpha value is -1.74. The first kappa shape index (κ1) is 14.3. The Morgan fingerprint density at radius 3 is 0.938 bits per heavy atom. The molecular formula is C6H2F6O4. The maximum absolute atomic E-state index is 11.9. The van der Waals surface area contributed by atoms with Gasteiger partial charge in [-0.3, -0.25) is 0 Å². The summed E-state index contributed by atoms with van der Waals surface area (Å²) in [7, 11) is 0. The zero-order valence-electron chi connectivity index (χ0n) is 6.98. The van der Waals surface area contributed by atoms with E-state index in [1.807, 2.05) is 0 Å². The molecule has 0 atom stereocenters. The van der Waals surface area contributed by atoms with Gasteiger partial charge in [-0.2, -0.15) is 26.3 Å². The number of halogens is 6. The van der Waals surface area contributed by atoms with Crippen LogP contribution < -0.4 is 0 Å². The fourth-order valence-electron chi connectivity index (χ4n) is 0.740. The zero-order chi connectivity index (χ0) is 13.3. The third kappa shape index (κ3) is 3.14. The number of carboxylic acids is 2. The van der Waals surface area contributed by atoms with E-state index in [1.54, 1.807) is 0 Å². The van der Waals surface area contributed by atoms with Crippen molar-refractivity contribution in [2.24, 2.45) is 0 Å². The first-order chi connectivity index (χ1) is 6.89. The van der Waals surface area contributed by atoms with Gasteiger partial charge in [-0.15, -0.1) is 0 Å². The summed E-state index contributed by atoms with van der Waals surface area (Å²) in [6, 6.07) is 0. The summed E-state index contributed by atoms with van der Waals surface area (Å²) in [6.07, 6.45) is -11.8. The molecule has 0 aromatic heterocycles. The number of rotatable bonds is 2. The monoisotopic (exact) mass is 252 g/mol. The minimum Gasteiger partial charge on any atom is -0.478 e. The summed E-state index contributed by atoms with van der Waals surface area (Å²) in [6.45, 7) is 0. The molecule has 0 saturated carbocycles. The maximum atomic E-state index is 11.9. The summed E-state index contributed by atoms with van der Waals surface area (Å²) < 4.78 is 71.5. The van der Waals surface area contributed by atoms with E-state index in [9.17, 15) is 35.9 Å². The Kier molecular flexibility index (Phi) is 3.58. The average Bonchev–Trinajstić information content (AvgIpc) is 1.92. The van der Waals surface area contributed by atoms with Gasteiger partial charge in [0.25, 0.3) is 0 Å². The highest BCUT2D eigenvalue weighted by atomic mass is 19.4. The molecule has 92 valence electrons. The Labute approximate surface area is 82.8 Å². The molecule has 2 N–H and O–H groups in total. The van der Waals surface area contributed by atoms with Gasteiger partial charge in [0, 0.05) is 0 Å². The van der Waals surface area contributed by atoms with Gasteiger partial charge >= 0.3 is 24.3 Å². The van der Waals surface area contributed by atoms with Crippen LogP contribution in [-0.2, 0) is 9.59 Å². The number of carboxylic acid groups (broad SMARTS) is 2. The normalized spacial score (nSPS) is 14.4. The number of carbonyl (C=O) groups is 2. The molecule has 0 aliphatic heterocycles. The van der Waals surface area contributed by atoms with E-state index in [0.717, 1.165) is 0 Å². The molecule has 0 fully saturated rings. The van der Waals surface area contributed by atoms with E-state index in [4.69, 9.17) is 10.2 Å². The smallest absolute Gasteiger partial charge is 0.424 e. The highest BCUT2D eigenvalue weighted by Crippen LogP contribution is 2.36. The van der Waals surface area contributed by atoms with Crippen molar-refractivity contribution >= 4 is 11.9 Å². The van der Waals surface area contributed by atoms with Crippen molar-refractivity contribution in [3.8, 4) is 0 Å². The van der Waals surface area contributed by atoms with Crippen LogP contribution in [0.5, 0.6) is 0 Å². The van der Waals surface area contributed by atoms with Gasteiger partial charge in [0.05, 0.1) is 0 Å². The lowest BCUT2D eigenvalue weighted by molar-refractivity contribution is -0.157. The van der Waals surface area contributed by atoms with Crippen LogP contribution in [0.4, 0.5) is 26.3 Å². The molecule has 16 heavy (non-hydrogen) atoms. The summed E-state index contributed by atoms with van der Waals surface area (Å²) in [5.41, 5.74) is -6.32. The summed E-state index contributed by atoms with van der Waals surface area (Å²) in [5.74, 6) is -6.02. The number of hydrogen-bond donors (Lipinski definition) is 2. The van der Waals surface area contributed by atoms with Crippen LogP contribution in [0.2, 0.25) is 0 Å². The molecule has 0 amide bonds. The van der Waals surface area contributed by atoms with Crippen LogP contribution in [0.3, 0.4) is 0 Å². The van der Waals surface area contributed by atoms with Crippen LogP contribution in [0.15, 0.2) is 11.1 Å². The van der Waals surface area contributed by atoms with Crippen molar-refractivity contribution in [1.82, 2.24) is 0 Å². The van der Waals surface area contributed by atoms with Gasteiger partial charge in [-0.25, -0.2) is 9.59 Å². The molecule has 10 heteroatoms. The lowest BCUT2D eigenvalue weighted by Gasteiger charge is -2.13. The van der Waals surface area contributed by atoms with Crippen LogP contribution in [0.25, 0.3) is 0 Å². The van der Waals surface area contributed by atoms with Crippen LogP contribution in [0, 0.1) is 0 Å². The standard InChI is InChI=1S/C6H2F6O4/c7-5(8,9)1(3(13)14)2(4(15)16)6(10,11)12/h(H,13,14)(H,15,16). The quantitative estimate of drug-likeness (QED) is 0.577. The third-order valence-corrected chi connectivity index (χ3v) is 1.24. The second-order valence-electron chi connectivity index (χ2n) is 2.36. The topological polar surface area (TPSA) is 74.6 Å². The van der Waals surface area contributed by atoms with E-state index < -0.39 is 35.4 Å². The molecule has 0 unspecified atom stereocenters. The molecule has 0 radical (unpaired) electrons. The van der Waals surface area contributed by atoms with Gasteiger partial charge in [-0.1, -0.05) is 0 Å². The molecule has 0 bridgehead atoms. The lowest BCUT2D eigenvalue weighted by atomic mass is 10.1.